The maximum atomic E-state index is 12.4. The van der Waals surface area contributed by atoms with Crippen molar-refractivity contribution in [2.75, 3.05) is 0 Å². The minimum absolute atomic E-state index is 0.278. The molecule has 3 rings (SSSR count). The smallest absolute Gasteiger partial charge is 0.241 e. The van der Waals surface area contributed by atoms with Crippen LogP contribution in [0.3, 0.4) is 0 Å². The van der Waals surface area contributed by atoms with Crippen molar-refractivity contribution in [1.29, 1.82) is 0 Å². The van der Waals surface area contributed by atoms with Gasteiger partial charge in [0.2, 0.25) is 10.0 Å². The fourth-order valence-electron chi connectivity index (χ4n) is 2.76. The molecule has 5 heteroatoms. The molecule has 0 saturated heterocycles. The highest BCUT2D eigenvalue weighted by molar-refractivity contribution is 7.89. The lowest BCUT2D eigenvalue weighted by Crippen LogP contribution is -2.23. The van der Waals surface area contributed by atoms with Gasteiger partial charge in [0.15, 0.2) is 0 Å². The Morgan fingerprint density at radius 2 is 1.78 bits per heavy atom. The van der Waals surface area contributed by atoms with Crippen LogP contribution in [0, 0.1) is 13.8 Å². The van der Waals surface area contributed by atoms with E-state index >= 15 is 0 Å². The largest absolute Gasteiger partial charge is 0.348 e. The van der Waals surface area contributed by atoms with Crippen molar-refractivity contribution in [3.8, 4) is 0 Å². The van der Waals surface area contributed by atoms with Crippen LogP contribution in [0.5, 0.6) is 0 Å². The lowest BCUT2D eigenvalue weighted by atomic mass is 10.1. The molecule has 0 saturated carbocycles. The summed E-state index contributed by atoms with van der Waals surface area (Å²) in [5, 5.41) is 1.12. The molecule has 0 spiro atoms. The van der Waals surface area contributed by atoms with Crippen molar-refractivity contribution in [2.45, 2.75) is 25.3 Å². The highest BCUT2D eigenvalue weighted by Gasteiger charge is 2.15. The van der Waals surface area contributed by atoms with Crippen LogP contribution in [0.15, 0.2) is 53.4 Å². The summed E-state index contributed by atoms with van der Waals surface area (Å²) in [5.74, 6) is 0. The molecule has 0 atom stereocenters. The average Bonchev–Trinajstić information content (AvgIpc) is 2.80. The molecule has 0 amide bonds. The van der Waals surface area contributed by atoms with Crippen molar-refractivity contribution in [1.82, 2.24) is 9.29 Å². The van der Waals surface area contributed by atoms with Gasteiger partial charge in [-0.25, -0.2) is 13.1 Å². The van der Waals surface area contributed by atoms with E-state index in [-0.39, 0.29) is 6.54 Å². The number of aryl methyl sites for hydroxylation is 3. The molecule has 4 nitrogen and oxygen atoms in total. The quantitative estimate of drug-likeness (QED) is 0.799. The first-order chi connectivity index (χ1) is 10.9. The average molecular weight is 328 g/mol. The van der Waals surface area contributed by atoms with Crippen LogP contribution < -0.4 is 4.72 Å². The number of benzene rings is 2. The Bertz CT molecular complexity index is 972. The van der Waals surface area contributed by atoms with Gasteiger partial charge >= 0.3 is 0 Å². The molecule has 1 aromatic heterocycles. The number of hydrogen-bond acceptors (Lipinski definition) is 2. The molecule has 0 aliphatic carbocycles. The third-order valence-electron chi connectivity index (χ3n) is 4.20. The van der Waals surface area contributed by atoms with Gasteiger partial charge < -0.3 is 4.57 Å². The SMILES string of the molecule is Cc1ccccc1S(=O)(=O)NCc1ccc2c(c1)cc(C)n2C. The van der Waals surface area contributed by atoms with E-state index in [0.717, 1.165) is 22.0 Å². The van der Waals surface area contributed by atoms with Gasteiger partial charge in [0.25, 0.3) is 0 Å². The highest BCUT2D eigenvalue weighted by atomic mass is 32.2. The highest BCUT2D eigenvalue weighted by Crippen LogP contribution is 2.20. The second kappa shape index (κ2) is 5.83. The third-order valence-corrected chi connectivity index (χ3v) is 5.76. The summed E-state index contributed by atoms with van der Waals surface area (Å²) in [4.78, 5) is 0.330. The van der Waals surface area contributed by atoms with E-state index in [2.05, 4.69) is 22.3 Å². The minimum Gasteiger partial charge on any atom is -0.348 e. The number of aromatic nitrogens is 1. The van der Waals surface area contributed by atoms with Crippen LogP contribution >= 0.6 is 0 Å². The zero-order chi connectivity index (χ0) is 16.6. The number of nitrogens with zero attached hydrogens (tertiary/aromatic N) is 1. The van der Waals surface area contributed by atoms with Gasteiger partial charge in [-0.3, -0.25) is 0 Å². The van der Waals surface area contributed by atoms with Crippen molar-refractivity contribution in [2.24, 2.45) is 7.05 Å². The summed E-state index contributed by atoms with van der Waals surface area (Å²) in [6.07, 6.45) is 0. The number of rotatable bonds is 4. The molecule has 3 aromatic rings. The summed E-state index contributed by atoms with van der Waals surface area (Å²) < 4.78 is 29.7. The topological polar surface area (TPSA) is 51.1 Å². The fourth-order valence-corrected chi connectivity index (χ4v) is 4.02. The predicted octanol–water partition coefficient (Wildman–Crippen LogP) is 3.27. The second-order valence-electron chi connectivity index (χ2n) is 5.83. The third kappa shape index (κ3) is 3.02. The Morgan fingerprint density at radius 1 is 1.04 bits per heavy atom. The Labute approximate surface area is 136 Å². The first kappa shape index (κ1) is 15.8. The summed E-state index contributed by atoms with van der Waals surface area (Å²) >= 11 is 0. The summed E-state index contributed by atoms with van der Waals surface area (Å²) in [6.45, 7) is 4.13. The Morgan fingerprint density at radius 3 is 2.52 bits per heavy atom. The number of hydrogen-bond donors (Lipinski definition) is 1. The lowest BCUT2D eigenvalue weighted by molar-refractivity contribution is 0.580. The van der Waals surface area contributed by atoms with Crippen molar-refractivity contribution < 1.29 is 8.42 Å². The van der Waals surface area contributed by atoms with Crippen LogP contribution in [0.1, 0.15) is 16.8 Å². The fraction of sp³-hybridized carbons (Fsp3) is 0.222. The van der Waals surface area contributed by atoms with Gasteiger partial charge in [-0.15, -0.1) is 0 Å². The normalized spacial score (nSPS) is 12.0. The first-order valence-electron chi connectivity index (χ1n) is 7.49. The van der Waals surface area contributed by atoms with Crippen LogP contribution in [0.2, 0.25) is 0 Å². The molecule has 0 unspecified atom stereocenters. The van der Waals surface area contributed by atoms with Crippen LogP contribution in [0.4, 0.5) is 0 Å². The molecule has 120 valence electrons. The van der Waals surface area contributed by atoms with Crippen molar-refractivity contribution in [3.63, 3.8) is 0 Å². The van der Waals surface area contributed by atoms with E-state index in [1.807, 2.05) is 31.3 Å². The van der Waals surface area contributed by atoms with Gasteiger partial charge in [-0.2, -0.15) is 0 Å². The molecular formula is C18H20N2O2S. The Balaban J connectivity index is 1.84. The van der Waals surface area contributed by atoms with Gasteiger partial charge in [-0.05, 0) is 49.2 Å². The zero-order valence-corrected chi connectivity index (χ0v) is 14.3. The molecule has 1 heterocycles. The maximum absolute atomic E-state index is 12.4. The van der Waals surface area contributed by atoms with E-state index in [4.69, 9.17) is 0 Å². The molecule has 0 fully saturated rings. The van der Waals surface area contributed by atoms with E-state index < -0.39 is 10.0 Å². The van der Waals surface area contributed by atoms with E-state index in [0.29, 0.717) is 4.90 Å². The van der Waals surface area contributed by atoms with Crippen LogP contribution in [-0.2, 0) is 23.6 Å². The summed E-state index contributed by atoms with van der Waals surface area (Å²) in [6, 6.07) is 15.1. The van der Waals surface area contributed by atoms with E-state index in [1.165, 1.54) is 5.69 Å². The number of fused-ring (bicyclic) bond motifs is 1. The minimum atomic E-state index is -3.50. The van der Waals surface area contributed by atoms with Gasteiger partial charge in [0.05, 0.1) is 4.90 Å². The number of sulfonamides is 1. The molecule has 0 bridgehead atoms. The molecule has 1 N–H and O–H groups in total. The van der Waals surface area contributed by atoms with Gasteiger partial charge in [-0.1, -0.05) is 24.3 Å². The summed E-state index contributed by atoms with van der Waals surface area (Å²) in [7, 11) is -1.47. The lowest BCUT2D eigenvalue weighted by Gasteiger charge is -2.09. The molecular weight excluding hydrogens is 308 g/mol. The first-order valence-corrected chi connectivity index (χ1v) is 8.97. The van der Waals surface area contributed by atoms with Crippen LogP contribution in [0.25, 0.3) is 10.9 Å². The van der Waals surface area contributed by atoms with E-state index in [9.17, 15) is 8.42 Å². The van der Waals surface area contributed by atoms with Crippen LogP contribution in [-0.4, -0.2) is 13.0 Å². The Hall–Kier alpha value is -2.11. The maximum Gasteiger partial charge on any atom is 0.241 e. The number of nitrogens with one attached hydrogen (secondary N) is 1. The van der Waals surface area contributed by atoms with Crippen molar-refractivity contribution in [3.05, 3.63) is 65.4 Å². The zero-order valence-electron chi connectivity index (χ0n) is 13.5. The molecule has 2 aromatic carbocycles. The summed E-state index contributed by atoms with van der Waals surface area (Å²) in [5.41, 5.74) is 4.01. The monoisotopic (exact) mass is 328 g/mol. The second-order valence-corrected chi connectivity index (χ2v) is 7.56. The predicted molar refractivity (Wildman–Crippen MR) is 92.9 cm³/mol. The molecule has 23 heavy (non-hydrogen) atoms. The molecule has 0 radical (unpaired) electrons. The van der Waals surface area contributed by atoms with Gasteiger partial charge in [0, 0.05) is 30.2 Å². The van der Waals surface area contributed by atoms with Crippen molar-refractivity contribution >= 4 is 20.9 Å². The molecule has 0 aliphatic rings. The standard InChI is InChI=1S/C18H20N2O2S/c1-13-6-4-5-7-18(13)23(21,22)19-12-15-8-9-17-16(11-15)10-14(2)20(17)3/h4-11,19H,12H2,1-3H3. The Kier molecular flexibility index (Phi) is 4.00. The van der Waals surface area contributed by atoms with E-state index in [1.54, 1.807) is 25.1 Å². The van der Waals surface area contributed by atoms with Gasteiger partial charge in [0.1, 0.15) is 0 Å². The molecule has 0 aliphatic heterocycles.